The van der Waals surface area contributed by atoms with Gasteiger partial charge in [0.05, 0.1) is 0 Å². The Morgan fingerprint density at radius 3 is 2.25 bits per heavy atom. The molecule has 0 heterocycles. The molecule has 16 heavy (non-hydrogen) atoms. The van der Waals surface area contributed by atoms with Crippen LogP contribution in [-0.4, -0.2) is 16.8 Å². The molecule has 0 fully saturated rings. The van der Waals surface area contributed by atoms with Crippen molar-refractivity contribution in [2.45, 2.75) is 33.3 Å². The van der Waals surface area contributed by atoms with Crippen LogP contribution in [0.2, 0.25) is 0 Å². The van der Waals surface area contributed by atoms with E-state index in [2.05, 4.69) is 18.5 Å². The lowest BCUT2D eigenvalue weighted by Crippen LogP contribution is -2.31. The number of carbonyl (C=O) groups excluding carboxylic acids is 1. The molecule has 0 radical (unpaired) electrons. The van der Waals surface area contributed by atoms with Crippen LogP contribution in [0.5, 0.6) is 0 Å². The Morgan fingerprint density at radius 1 is 1.38 bits per heavy atom. The Bertz CT molecular complexity index is 335. The van der Waals surface area contributed by atoms with Gasteiger partial charge in [0.15, 0.2) is 0 Å². The van der Waals surface area contributed by atoms with Gasteiger partial charge in [-0.25, -0.2) is 4.79 Å². The lowest BCUT2D eigenvalue weighted by atomic mass is 10.2. The molecule has 0 rings (SSSR count). The molecule has 0 atom stereocenters. The largest absolute Gasteiger partial charge is 0.508 e. The Morgan fingerprint density at radius 2 is 1.88 bits per heavy atom. The number of hydrogen-bond acceptors (Lipinski definition) is 3. The summed E-state index contributed by atoms with van der Waals surface area (Å²) in [4.78, 5) is 11.3. The SMILES string of the molecule is C=C(/C=C(/O)C(=C)C)NC(=O)OC(C)(C)C. The van der Waals surface area contributed by atoms with Gasteiger partial charge in [0, 0.05) is 11.8 Å². The maximum absolute atomic E-state index is 11.3. The van der Waals surface area contributed by atoms with Crippen LogP contribution in [0.25, 0.3) is 0 Å². The predicted molar refractivity (Wildman–Crippen MR) is 64.0 cm³/mol. The molecule has 1 amide bonds. The van der Waals surface area contributed by atoms with Crippen molar-refractivity contribution in [1.29, 1.82) is 0 Å². The van der Waals surface area contributed by atoms with E-state index in [0.29, 0.717) is 5.57 Å². The number of hydrogen-bond donors (Lipinski definition) is 2. The van der Waals surface area contributed by atoms with E-state index in [1.165, 1.54) is 6.08 Å². The molecule has 0 unspecified atom stereocenters. The third-order valence-electron chi connectivity index (χ3n) is 1.41. The number of amides is 1. The minimum Gasteiger partial charge on any atom is -0.508 e. The van der Waals surface area contributed by atoms with Crippen molar-refractivity contribution >= 4 is 6.09 Å². The van der Waals surface area contributed by atoms with Crippen LogP contribution in [0.15, 0.2) is 36.3 Å². The second kappa shape index (κ2) is 5.39. The third kappa shape index (κ3) is 6.70. The summed E-state index contributed by atoms with van der Waals surface area (Å²) in [6.45, 7) is 14.0. The van der Waals surface area contributed by atoms with Gasteiger partial charge in [0.2, 0.25) is 0 Å². The molecule has 2 N–H and O–H groups in total. The molecule has 0 aliphatic rings. The summed E-state index contributed by atoms with van der Waals surface area (Å²) in [7, 11) is 0. The number of aliphatic hydroxyl groups excluding tert-OH is 1. The van der Waals surface area contributed by atoms with Crippen LogP contribution >= 0.6 is 0 Å². The van der Waals surface area contributed by atoms with Crippen molar-refractivity contribution in [3.63, 3.8) is 0 Å². The highest BCUT2D eigenvalue weighted by Gasteiger charge is 2.16. The molecule has 0 aromatic rings. The van der Waals surface area contributed by atoms with Gasteiger partial charge in [-0.3, -0.25) is 5.32 Å². The van der Waals surface area contributed by atoms with Gasteiger partial charge in [-0.05, 0) is 33.3 Å². The van der Waals surface area contributed by atoms with Gasteiger partial charge in [-0.1, -0.05) is 13.2 Å². The molecular formula is C12H19NO3. The van der Waals surface area contributed by atoms with E-state index in [-0.39, 0.29) is 11.5 Å². The van der Waals surface area contributed by atoms with Gasteiger partial charge in [0.25, 0.3) is 0 Å². The monoisotopic (exact) mass is 225 g/mol. The molecule has 0 aromatic carbocycles. The van der Waals surface area contributed by atoms with Gasteiger partial charge < -0.3 is 9.84 Å². The van der Waals surface area contributed by atoms with Crippen LogP contribution in [-0.2, 0) is 4.74 Å². The zero-order chi connectivity index (χ0) is 12.9. The first-order chi connectivity index (χ1) is 7.11. The van der Waals surface area contributed by atoms with Crippen molar-refractivity contribution in [2.75, 3.05) is 0 Å². The zero-order valence-electron chi connectivity index (χ0n) is 10.3. The predicted octanol–water partition coefficient (Wildman–Crippen LogP) is 3.04. The summed E-state index contributed by atoms with van der Waals surface area (Å²) in [5.74, 6) is -0.0268. The number of ether oxygens (including phenoxy) is 1. The van der Waals surface area contributed by atoms with E-state index in [1.807, 2.05) is 0 Å². The second-order valence-electron chi connectivity index (χ2n) is 4.46. The van der Waals surface area contributed by atoms with Crippen LogP contribution in [0.1, 0.15) is 27.7 Å². The van der Waals surface area contributed by atoms with Gasteiger partial charge in [-0.2, -0.15) is 0 Å². The molecule has 0 aliphatic heterocycles. The quantitative estimate of drug-likeness (QED) is 0.573. The molecule has 0 spiro atoms. The molecular weight excluding hydrogens is 206 g/mol. The maximum Gasteiger partial charge on any atom is 0.412 e. The molecule has 4 heteroatoms. The summed E-state index contributed by atoms with van der Waals surface area (Å²) >= 11 is 0. The number of carbonyl (C=O) groups is 1. The Balaban J connectivity index is 4.32. The van der Waals surface area contributed by atoms with E-state index >= 15 is 0 Å². The summed E-state index contributed by atoms with van der Waals surface area (Å²) in [6.07, 6.45) is 0.704. The van der Waals surface area contributed by atoms with Crippen molar-refractivity contribution < 1.29 is 14.6 Å². The Kier molecular flexibility index (Phi) is 4.82. The van der Waals surface area contributed by atoms with Crippen molar-refractivity contribution in [3.05, 3.63) is 36.3 Å². The lowest BCUT2D eigenvalue weighted by molar-refractivity contribution is 0.0548. The number of rotatable bonds is 3. The van der Waals surface area contributed by atoms with Crippen molar-refractivity contribution in [3.8, 4) is 0 Å². The molecule has 0 aliphatic carbocycles. The zero-order valence-corrected chi connectivity index (χ0v) is 10.3. The van der Waals surface area contributed by atoms with Crippen LogP contribution < -0.4 is 5.32 Å². The first-order valence-corrected chi connectivity index (χ1v) is 4.87. The van der Waals surface area contributed by atoms with Gasteiger partial charge >= 0.3 is 6.09 Å². The minimum absolute atomic E-state index is 0.0268. The fraction of sp³-hybridized carbons (Fsp3) is 0.417. The normalized spacial score (nSPS) is 11.9. The number of aliphatic hydroxyl groups is 1. The number of allylic oxidation sites excluding steroid dienone is 2. The smallest absolute Gasteiger partial charge is 0.412 e. The Labute approximate surface area is 96.3 Å². The van der Waals surface area contributed by atoms with Crippen LogP contribution in [0.3, 0.4) is 0 Å². The standard InChI is InChI=1S/C12H19NO3/c1-8(2)10(14)7-9(3)13-11(15)16-12(4,5)6/h7,14H,1,3H2,2,4-6H3,(H,13,15)/b10-7+. The first kappa shape index (κ1) is 14.3. The molecule has 0 saturated carbocycles. The summed E-state index contributed by atoms with van der Waals surface area (Å²) < 4.78 is 5.01. The van der Waals surface area contributed by atoms with Gasteiger partial charge in [-0.15, -0.1) is 0 Å². The number of alkyl carbamates (subject to hydrolysis) is 1. The summed E-state index contributed by atoms with van der Waals surface area (Å²) in [5, 5.41) is 11.7. The third-order valence-corrected chi connectivity index (χ3v) is 1.41. The lowest BCUT2D eigenvalue weighted by Gasteiger charge is -2.19. The summed E-state index contributed by atoms with van der Waals surface area (Å²) in [5.41, 5.74) is 0.173. The average Bonchev–Trinajstić information content (AvgIpc) is 1.98. The van der Waals surface area contributed by atoms with E-state index in [1.54, 1.807) is 27.7 Å². The second-order valence-corrected chi connectivity index (χ2v) is 4.46. The highest BCUT2D eigenvalue weighted by Crippen LogP contribution is 2.08. The van der Waals surface area contributed by atoms with E-state index in [0.717, 1.165) is 0 Å². The molecule has 0 saturated heterocycles. The fourth-order valence-electron chi connectivity index (χ4n) is 0.759. The van der Waals surface area contributed by atoms with E-state index in [9.17, 15) is 9.90 Å². The highest BCUT2D eigenvalue weighted by molar-refractivity contribution is 5.70. The molecule has 90 valence electrons. The minimum atomic E-state index is -0.608. The average molecular weight is 225 g/mol. The number of nitrogens with one attached hydrogen (secondary N) is 1. The fourth-order valence-corrected chi connectivity index (χ4v) is 0.759. The van der Waals surface area contributed by atoms with Gasteiger partial charge in [0.1, 0.15) is 11.4 Å². The van der Waals surface area contributed by atoms with Crippen molar-refractivity contribution in [2.24, 2.45) is 0 Å². The first-order valence-electron chi connectivity index (χ1n) is 4.87. The van der Waals surface area contributed by atoms with Crippen LogP contribution in [0, 0.1) is 0 Å². The molecule has 0 bridgehead atoms. The van der Waals surface area contributed by atoms with E-state index < -0.39 is 11.7 Å². The highest BCUT2D eigenvalue weighted by atomic mass is 16.6. The molecule has 4 nitrogen and oxygen atoms in total. The van der Waals surface area contributed by atoms with E-state index in [4.69, 9.17) is 4.74 Å². The topological polar surface area (TPSA) is 58.6 Å². The molecule has 0 aromatic heterocycles. The Hall–Kier alpha value is -1.71. The summed E-state index contributed by atoms with van der Waals surface area (Å²) in [6, 6.07) is 0. The maximum atomic E-state index is 11.3. The van der Waals surface area contributed by atoms with Crippen molar-refractivity contribution in [1.82, 2.24) is 5.32 Å². The van der Waals surface area contributed by atoms with Crippen LogP contribution in [0.4, 0.5) is 4.79 Å².